The molecular weight excluding hydrogens is 384 g/mol. The predicted molar refractivity (Wildman–Crippen MR) is 89.1 cm³/mol. The Hall–Kier alpha value is -0.390. The van der Waals surface area contributed by atoms with Crippen LogP contribution in [0.3, 0.4) is 0 Å². The molecule has 1 aliphatic heterocycles. The van der Waals surface area contributed by atoms with Gasteiger partial charge in [0.1, 0.15) is 0 Å². The lowest BCUT2D eigenvalue weighted by molar-refractivity contribution is 0.0642. The molecule has 0 bridgehead atoms. The van der Waals surface area contributed by atoms with Crippen LogP contribution in [-0.4, -0.2) is 36.5 Å². The van der Waals surface area contributed by atoms with Crippen LogP contribution in [0.1, 0.15) is 36.5 Å². The molecule has 0 saturated carbocycles. The zero-order valence-electron chi connectivity index (χ0n) is 11.7. The van der Waals surface area contributed by atoms with E-state index in [1.54, 1.807) is 0 Å². The summed E-state index contributed by atoms with van der Waals surface area (Å²) < 4.78 is 1.86. The quantitative estimate of drug-likeness (QED) is 0.828. The number of carbonyl (C=O) groups is 1. The molecule has 1 aliphatic rings. The van der Waals surface area contributed by atoms with Crippen LogP contribution in [0.5, 0.6) is 0 Å². The van der Waals surface area contributed by atoms with Gasteiger partial charge in [0.25, 0.3) is 5.91 Å². The Kier molecular flexibility index (Phi) is 6.05. The Balaban J connectivity index is 2.20. The van der Waals surface area contributed by atoms with Crippen LogP contribution in [-0.2, 0) is 0 Å². The number of nitrogens with one attached hydrogen (secondary N) is 1. The van der Waals surface area contributed by atoms with Crippen LogP contribution in [0.25, 0.3) is 0 Å². The molecule has 0 aromatic heterocycles. The molecule has 110 valence electrons. The van der Waals surface area contributed by atoms with E-state index in [0.717, 1.165) is 53.4 Å². The summed E-state index contributed by atoms with van der Waals surface area (Å²) in [5, 5.41) is 3.36. The van der Waals surface area contributed by atoms with Gasteiger partial charge in [-0.15, -0.1) is 0 Å². The minimum absolute atomic E-state index is 0.140. The highest BCUT2D eigenvalue weighted by atomic mass is 79.9. The minimum atomic E-state index is 0.140. The number of nitrogens with zero attached hydrogens (tertiary/aromatic N) is 1. The summed E-state index contributed by atoms with van der Waals surface area (Å²) in [6, 6.07) is 6.11. The zero-order chi connectivity index (χ0) is 14.5. The zero-order valence-corrected chi connectivity index (χ0v) is 14.8. The van der Waals surface area contributed by atoms with Gasteiger partial charge >= 0.3 is 0 Å². The van der Waals surface area contributed by atoms with E-state index in [9.17, 15) is 4.79 Å². The van der Waals surface area contributed by atoms with Gasteiger partial charge in [-0.1, -0.05) is 38.8 Å². The molecule has 0 unspecified atom stereocenters. The van der Waals surface area contributed by atoms with E-state index < -0.39 is 0 Å². The largest absolute Gasteiger partial charge is 0.336 e. The van der Waals surface area contributed by atoms with E-state index in [0.29, 0.717) is 6.04 Å². The lowest BCUT2D eigenvalue weighted by Crippen LogP contribution is -2.46. The molecule has 1 saturated heterocycles. The van der Waals surface area contributed by atoms with E-state index in [2.05, 4.69) is 49.0 Å². The van der Waals surface area contributed by atoms with Gasteiger partial charge in [0, 0.05) is 27.1 Å². The third-order valence-corrected chi connectivity index (χ3v) is 4.50. The normalized spacial score (nSPS) is 16.1. The molecule has 0 aliphatic carbocycles. The van der Waals surface area contributed by atoms with Crippen LogP contribution >= 0.6 is 31.9 Å². The molecule has 1 fully saturated rings. The average molecular weight is 404 g/mol. The van der Waals surface area contributed by atoms with Crippen molar-refractivity contribution in [1.29, 1.82) is 0 Å². The molecule has 5 heteroatoms. The van der Waals surface area contributed by atoms with Gasteiger partial charge in [-0.3, -0.25) is 4.79 Å². The molecule has 2 rings (SSSR count). The second-order valence-corrected chi connectivity index (χ2v) is 6.97. The van der Waals surface area contributed by atoms with E-state index in [-0.39, 0.29) is 5.91 Å². The number of rotatable bonds is 4. The second kappa shape index (κ2) is 7.57. The topological polar surface area (TPSA) is 32.3 Å². The van der Waals surface area contributed by atoms with Crippen LogP contribution in [0.15, 0.2) is 27.1 Å². The van der Waals surface area contributed by atoms with Gasteiger partial charge in [0.15, 0.2) is 0 Å². The Morgan fingerprint density at radius 3 is 2.40 bits per heavy atom. The third kappa shape index (κ3) is 4.06. The highest BCUT2D eigenvalue weighted by molar-refractivity contribution is 9.11. The van der Waals surface area contributed by atoms with Crippen molar-refractivity contribution < 1.29 is 4.79 Å². The van der Waals surface area contributed by atoms with Crippen molar-refractivity contribution in [3.05, 3.63) is 32.7 Å². The maximum atomic E-state index is 12.8. The maximum Gasteiger partial charge on any atom is 0.254 e. The number of carbonyl (C=O) groups excluding carboxylic acids is 1. The number of hydrogen-bond acceptors (Lipinski definition) is 2. The van der Waals surface area contributed by atoms with Gasteiger partial charge in [0.05, 0.1) is 0 Å². The SMILES string of the molecule is CCCN(C(=O)c1cc(Br)cc(Br)c1)C1CCNCC1. The summed E-state index contributed by atoms with van der Waals surface area (Å²) in [5.74, 6) is 0.140. The summed E-state index contributed by atoms with van der Waals surface area (Å²) in [4.78, 5) is 14.9. The van der Waals surface area contributed by atoms with E-state index in [1.807, 2.05) is 18.2 Å². The molecule has 20 heavy (non-hydrogen) atoms. The number of piperidine rings is 1. The second-order valence-electron chi connectivity index (χ2n) is 5.14. The molecule has 1 aromatic carbocycles. The van der Waals surface area contributed by atoms with Crippen molar-refractivity contribution in [2.45, 2.75) is 32.2 Å². The van der Waals surface area contributed by atoms with Gasteiger partial charge in [-0.05, 0) is 50.6 Å². The molecular formula is C15H20Br2N2O. The highest BCUT2D eigenvalue weighted by Gasteiger charge is 2.25. The van der Waals surface area contributed by atoms with Crippen LogP contribution in [0.2, 0.25) is 0 Å². The Morgan fingerprint density at radius 1 is 1.25 bits per heavy atom. The smallest absolute Gasteiger partial charge is 0.254 e. The first kappa shape index (κ1) is 16.0. The van der Waals surface area contributed by atoms with Crippen LogP contribution in [0.4, 0.5) is 0 Å². The maximum absolute atomic E-state index is 12.8. The van der Waals surface area contributed by atoms with Crippen LogP contribution in [0, 0.1) is 0 Å². The molecule has 1 N–H and O–H groups in total. The Labute approximate surface area is 137 Å². The summed E-state index contributed by atoms with van der Waals surface area (Å²) >= 11 is 6.91. The van der Waals surface area contributed by atoms with Crippen molar-refractivity contribution in [2.24, 2.45) is 0 Å². The fraction of sp³-hybridized carbons (Fsp3) is 0.533. The van der Waals surface area contributed by atoms with Crippen molar-refractivity contribution in [3.8, 4) is 0 Å². The van der Waals surface area contributed by atoms with Gasteiger partial charge in [-0.2, -0.15) is 0 Å². The summed E-state index contributed by atoms with van der Waals surface area (Å²) in [7, 11) is 0. The molecule has 0 spiro atoms. The van der Waals surface area contributed by atoms with Gasteiger partial charge < -0.3 is 10.2 Å². The molecule has 1 amide bonds. The molecule has 1 aromatic rings. The Morgan fingerprint density at radius 2 is 1.85 bits per heavy atom. The van der Waals surface area contributed by atoms with E-state index in [1.165, 1.54) is 0 Å². The van der Waals surface area contributed by atoms with Crippen LogP contribution < -0.4 is 5.32 Å². The van der Waals surface area contributed by atoms with Crippen molar-refractivity contribution in [2.75, 3.05) is 19.6 Å². The molecule has 1 heterocycles. The first-order chi connectivity index (χ1) is 9.61. The molecule has 0 atom stereocenters. The van der Waals surface area contributed by atoms with E-state index >= 15 is 0 Å². The number of benzene rings is 1. The highest BCUT2D eigenvalue weighted by Crippen LogP contribution is 2.23. The first-order valence-electron chi connectivity index (χ1n) is 7.09. The van der Waals surface area contributed by atoms with Gasteiger partial charge in [-0.25, -0.2) is 0 Å². The fourth-order valence-electron chi connectivity index (χ4n) is 2.65. The van der Waals surface area contributed by atoms with Crippen molar-refractivity contribution in [1.82, 2.24) is 10.2 Å². The summed E-state index contributed by atoms with van der Waals surface area (Å²) in [6.07, 6.45) is 3.08. The van der Waals surface area contributed by atoms with Crippen molar-refractivity contribution in [3.63, 3.8) is 0 Å². The standard InChI is InChI=1S/C15H20Br2N2O/c1-2-7-19(14-3-5-18-6-4-14)15(20)11-8-12(16)10-13(17)9-11/h8-10,14,18H,2-7H2,1H3. The Bertz CT molecular complexity index is 453. The monoisotopic (exact) mass is 402 g/mol. The number of hydrogen-bond donors (Lipinski definition) is 1. The number of halogens is 2. The molecule has 3 nitrogen and oxygen atoms in total. The number of amides is 1. The third-order valence-electron chi connectivity index (χ3n) is 3.58. The summed E-state index contributed by atoms with van der Waals surface area (Å²) in [5.41, 5.74) is 0.748. The van der Waals surface area contributed by atoms with E-state index in [4.69, 9.17) is 0 Å². The predicted octanol–water partition coefficient (Wildman–Crippen LogP) is 3.82. The first-order valence-corrected chi connectivity index (χ1v) is 8.68. The van der Waals surface area contributed by atoms with Gasteiger partial charge in [0.2, 0.25) is 0 Å². The lowest BCUT2D eigenvalue weighted by Gasteiger charge is -2.34. The lowest BCUT2D eigenvalue weighted by atomic mass is 10.0. The average Bonchev–Trinajstić information content (AvgIpc) is 2.44. The minimum Gasteiger partial charge on any atom is -0.336 e. The molecule has 0 radical (unpaired) electrons. The van der Waals surface area contributed by atoms with Crippen molar-refractivity contribution >= 4 is 37.8 Å². The summed E-state index contributed by atoms with van der Waals surface area (Å²) in [6.45, 7) is 4.95. The fourth-order valence-corrected chi connectivity index (χ4v) is 3.95.